The van der Waals surface area contributed by atoms with Crippen molar-refractivity contribution in [2.24, 2.45) is 0 Å². The predicted octanol–water partition coefficient (Wildman–Crippen LogP) is 3.86. The van der Waals surface area contributed by atoms with E-state index in [-0.39, 0.29) is 11.3 Å². The van der Waals surface area contributed by atoms with Gasteiger partial charge in [0.05, 0.1) is 21.0 Å². The molecule has 0 saturated heterocycles. The maximum atomic E-state index is 12.8. The zero-order valence-electron chi connectivity index (χ0n) is 11.6. The molecule has 0 fully saturated rings. The number of hydrogen-bond donors (Lipinski definition) is 2. The van der Waals surface area contributed by atoms with E-state index in [9.17, 15) is 26.4 Å². The minimum Gasteiger partial charge on any atom is -0.478 e. The number of carboxylic acid groups (broad SMARTS) is 1. The second kappa shape index (κ2) is 6.33. The molecule has 5 nitrogen and oxygen atoms in total. The number of anilines is 1. The maximum absolute atomic E-state index is 12.8. The zero-order chi connectivity index (χ0) is 18.1. The summed E-state index contributed by atoms with van der Waals surface area (Å²) in [6.45, 7) is 0. The number of halogens is 4. The summed E-state index contributed by atoms with van der Waals surface area (Å²) in [6, 6.07) is 6.88. The van der Waals surface area contributed by atoms with Crippen LogP contribution in [-0.4, -0.2) is 19.5 Å². The van der Waals surface area contributed by atoms with Crippen LogP contribution in [-0.2, 0) is 16.2 Å². The second-order valence-electron chi connectivity index (χ2n) is 4.63. The van der Waals surface area contributed by atoms with Crippen LogP contribution >= 0.6 is 11.6 Å². The minimum absolute atomic E-state index is 0.00325. The molecule has 0 aliphatic rings. The number of rotatable bonds is 4. The van der Waals surface area contributed by atoms with Crippen LogP contribution in [0.25, 0.3) is 0 Å². The highest BCUT2D eigenvalue weighted by atomic mass is 35.5. The first-order valence-corrected chi connectivity index (χ1v) is 8.10. The fourth-order valence-corrected chi connectivity index (χ4v) is 3.09. The average Bonchev–Trinajstić information content (AvgIpc) is 2.46. The van der Waals surface area contributed by atoms with Gasteiger partial charge in [-0.2, -0.15) is 13.2 Å². The van der Waals surface area contributed by atoms with Crippen LogP contribution in [0.3, 0.4) is 0 Å². The van der Waals surface area contributed by atoms with E-state index in [4.69, 9.17) is 16.7 Å². The number of benzene rings is 2. The van der Waals surface area contributed by atoms with Crippen molar-refractivity contribution in [3.05, 3.63) is 58.6 Å². The Balaban J connectivity index is 2.35. The Labute approximate surface area is 139 Å². The van der Waals surface area contributed by atoms with Crippen LogP contribution in [0.5, 0.6) is 0 Å². The van der Waals surface area contributed by atoms with Crippen LogP contribution in [0.1, 0.15) is 15.9 Å². The Kier molecular flexibility index (Phi) is 4.77. The first kappa shape index (κ1) is 18.1. The van der Waals surface area contributed by atoms with Crippen molar-refractivity contribution in [1.29, 1.82) is 0 Å². The monoisotopic (exact) mass is 379 g/mol. The summed E-state index contributed by atoms with van der Waals surface area (Å²) < 4.78 is 64.8. The lowest BCUT2D eigenvalue weighted by molar-refractivity contribution is -0.137. The van der Waals surface area contributed by atoms with Gasteiger partial charge in [-0.3, -0.25) is 4.72 Å². The summed E-state index contributed by atoms with van der Waals surface area (Å²) in [6.07, 6.45) is -4.80. The molecule has 10 heteroatoms. The Morgan fingerprint density at radius 1 is 1.08 bits per heavy atom. The van der Waals surface area contributed by atoms with Gasteiger partial charge in [-0.1, -0.05) is 11.6 Å². The third-order valence-electron chi connectivity index (χ3n) is 2.94. The average molecular weight is 380 g/mol. The Hall–Kier alpha value is -2.26. The predicted molar refractivity (Wildman–Crippen MR) is 80.7 cm³/mol. The van der Waals surface area contributed by atoms with Gasteiger partial charge < -0.3 is 5.11 Å². The van der Waals surface area contributed by atoms with E-state index in [2.05, 4.69) is 4.72 Å². The molecule has 0 radical (unpaired) electrons. The Bertz CT molecular complexity index is 880. The SMILES string of the molecule is O=C(O)c1ccc(NS(=O)(=O)c2ccc(Cl)c(C(F)(F)F)c2)cc1. The lowest BCUT2D eigenvalue weighted by Gasteiger charge is -2.12. The van der Waals surface area contributed by atoms with E-state index >= 15 is 0 Å². The molecule has 0 spiro atoms. The minimum atomic E-state index is -4.80. The van der Waals surface area contributed by atoms with Crippen molar-refractivity contribution in [1.82, 2.24) is 0 Å². The van der Waals surface area contributed by atoms with Crippen molar-refractivity contribution in [3.63, 3.8) is 0 Å². The largest absolute Gasteiger partial charge is 0.478 e. The van der Waals surface area contributed by atoms with Crippen molar-refractivity contribution in [2.75, 3.05) is 4.72 Å². The molecular weight excluding hydrogens is 371 g/mol. The van der Waals surface area contributed by atoms with Crippen LogP contribution < -0.4 is 4.72 Å². The molecule has 2 aromatic carbocycles. The second-order valence-corrected chi connectivity index (χ2v) is 6.72. The lowest BCUT2D eigenvalue weighted by atomic mass is 10.2. The summed E-state index contributed by atoms with van der Waals surface area (Å²) in [4.78, 5) is 10.1. The van der Waals surface area contributed by atoms with E-state index in [1.165, 1.54) is 12.1 Å². The van der Waals surface area contributed by atoms with E-state index < -0.39 is 37.7 Å². The van der Waals surface area contributed by atoms with Crippen molar-refractivity contribution < 1.29 is 31.5 Å². The third kappa shape index (κ3) is 3.98. The lowest BCUT2D eigenvalue weighted by Crippen LogP contribution is -2.15. The molecule has 0 saturated carbocycles. The number of carbonyl (C=O) groups is 1. The van der Waals surface area contributed by atoms with Gasteiger partial charge in [0.2, 0.25) is 0 Å². The van der Waals surface area contributed by atoms with E-state index in [1.54, 1.807) is 0 Å². The highest BCUT2D eigenvalue weighted by Gasteiger charge is 2.34. The first-order chi connectivity index (χ1) is 11.0. The normalized spacial score (nSPS) is 12.0. The molecule has 0 atom stereocenters. The molecule has 2 N–H and O–H groups in total. The molecule has 0 unspecified atom stereocenters. The highest BCUT2D eigenvalue weighted by molar-refractivity contribution is 7.92. The highest BCUT2D eigenvalue weighted by Crippen LogP contribution is 2.36. The van der Waals surface area contributed by atoms with Gasteiger partial charge >= 0.3 is 12.1 Å². The van der Waals surface area contributed by atoms with Gasteiger partial charge in [-0.05, 0) is 42.5 Å². The van der Waals surface area contributed by atoms with Gasteiger partial charge in [0, 0.05) is 5.69 Å². The molecular formula is C14H9ClF3NO4S. The zero-order valence-corrected chi connectivity index (χ0v) is 13.2. The summed E-state index contributed by atoms with van der Waals surface area (Å²) in [5.41, 5.74) is -1.33. The Morgan fingerprint density at radius 2 is 1.67 bits per heavy atom. The fraction of sp³-hybridized carbons (Fsp3) is 0.0714. The van der Waals surface area contributed by atoms with E-state index in [1.807, 2.05) is 0 Å². The molecule has 0 aliphatic heterocycles. The van der Waals surface area contributed by atoms with Gasteiger partial charge in [0.1, 0.15) is 0 Å². The van der Waals surface area contributed by atoms with Crippen LogP contribution in [0.4, 0.5) is 18.9 Å². The molecule has 128 valence electrons. The van der Waals surface area contributed by atoms with Crippen molar-refractivity contribution >= 4 is 33.3 Å². The number of carboxylic acids is 1. The van der Waals surface area contributed by atoms with E-state index in [0.29, 0.717) is 6.07 Å². The Morgan fingerprint density at radius 3 is 2.17 bits per heavy atom. The maximum Gasteiger partial charge on any atom is 0.417 e. The molecule has 0 amide bonds. The smallest absolute Gasteiger partial charge is 0.417 e. The standard InChI is InChI=1S/C14H9ClF3NO4S/c15-12-6-5-10(7-11(12)14(16,17)18)24(22,23)19-9-3-1-8(2-4-9)13(20)21/h1-7,19H,(H,20,21). The van der Waals surface area contributed by atoms with Gasteiger partial charge in [0.25, 0.3) is 10.0 Å². The fourth-order valence-electron chi connectivity index (χ4n) is 1.78. The molecule has 2 rings (SSSR count). The third-order valence-corrected chi connectivity index (χ3v) is 4.65. The summed E-state index contributed by atoms with van der Waals surface area (Å²) in [7, 11) is -4.30. The van der Waals surface area contributed by atoms with Crippen LogP contribution in [0.2, 0.25) is 5.02 Å². The molecule has 0 aliphatic carbocycles. The van der Waals surface area contributed by atoms with Crippen LogP contribution in [0, 0.1) is 0 Å². The van der Waals surface area contributed by atoms with E-state index in [0.717, 1.165) is 24.3 Å². The number of nitrogens with one attached hydrogen (secondary N) is 1. The van der Waals surface area contributed by atoms with Crippen molar-refractivity contribution in [2.45, 2.75) is 11.1 Å². The summed E-state index contributed by atoms with van der Waals surface area (Å²) in [5, 5.41) is 8.14. The molecule has 0 heterocycles. The summed E-state index contributed by atoms with van der Waals surface area (Å²) >= 11 is 5.45. The number of hydrogen-bond acceptors (Lipinski definition) is 3. The van der Waals surface area contributed by atoms with Crippen LogP contribution in [0.15, 0.2) is 47.4 Å². The first-order valence-electron chi connectivity index (χ1n) is 6.23. The van der Waals surface area contributed by atoms with Gasteiger partial charge in [-0.25, -0.2) is 13.2 Å². The molecule has 0 bridgehead atoms. The molecule has 2 aromatic rings. The summed E-state index contributed by atoms with van der Waals surface area (Å²) in [5.74, 6) is -1.20. The van der Waals surface area contributed by atoms with Gasteiger partial charge in [0.15, 0.2) is 0 Å². The number of alkyl halides is 3. The topological polar surface area (TPSA) is 83.5 Å². The molecule has 0 aromatic heterocycles. The van der Waals surface area contributed by atoms with Gasteiger partial charge in [-0.15, -0.1) is 0 Å². The molecule has 24 heavy (non-hydrogen) atoms. The van der Waals surface area contributed by atoms with Crippen molar-refractivity contribution in [3.8, 4) is 0 Å². The number of sulfonamides is 1. The quantitative estimate of drug-likeness (QED) is 0.845. The number of aromatic carboxylic acids is 1.